The maximum atomic E-state index is 10.8. The van der Waals surface area contributed by atoms with Gasteiger partial charge in [0.1, 0.15) is 0 Å². The van der Waals surface area contributed by atoms with Gasteiger partial charge in [0.25, 0.3) is 0 Å². The number of carboxylic acids is 1. The van der Waals surface area contributed by atoms with Gasteiger partial charge < -0.3 is 5.11 Å². The van der Waals surface area contributed by atoms with Gasteiger partial charge in [-0.2, -0.15) is 0 Å². The van der Waals surface area contributed by atoms with Crippen molar-refractivity contribution < 1.29 is 9.90 Å². The molecule has 0 aliphatic carbocycles. The summed E-state index contributed by atoms with van der Waals surface area (Å²) in [6.07, 6.45) is 4.42. The fourth-order valence-electron chi connectivity index (χ4n) is 1.10. The normalized spacial score (nSPS) is 15.0. The van der Waals surface area contributed by atoms with E-state index in [9.17, 15) is 4.79 Å². The predicted octanol–water partition coefficient (Wildman–Crippen LogP) is 2.70. The van der Waals surface area contributed by atoms with Crippen LogP contribution in [-0.2, 0) is 4.79 Å². The molecule has 0 bridgehead atoms. The van der Waals surface area contributed by atoms with Crippen molar-refractivity contribution in [1.29, 1.82) is 0 Å². The van der Waals surface area contributed by atoms with Crippen molar-refractivity contribution in [3.63, 3.8) is 0 Å². The molecule has 0 aromatic carbocycles. The second-order valence-electron chi connectivity index (χ2n) is 4.06. The molecule has 12 heavy (non-hydrogen) atoms. The molecule has 1 N–H and O–H groups in total. The molecule has 0 aliphatic heterocycles. The van der Waals surface area contributed by atoms with Crippen molar-refractivity contribution in [2.45, 2.75) is 34.1 Å². The Kier molecular flexibility index (Phi) is 4.01. The lowest BCUT2D eigenvalue weighted by Gasteiger charge is -2.25. The highest BCUT2D eigenvalue weighted by Crippen LogP contribution is 2.29. The van der Waals surface area contributed by atoms with Crippen molar-refractivity contribution in [3.05, 3.63) is 12.2 Å². The summed E-state index contributed by atoms with van der Waals surface area (Å²) >= 11 is 0. The molecular formula is C10H18O2. The summed E-state index contributed by atoms with van der Waals surface area (Å²) in [7, 11) is 0. The molecule has 0 amide bonds. The van der Waals surface area contributed by atoms with Crippen molar-refractivity contribution in [3.8, 4) is 0 Å². The summed E-state index contributed by atoms with van der Waals surface area (Å²) in [6, 6.07) is 0. The van der Waals surface area contributed by atoms with Gasteiger partial charge in [0.15, 0.2) is 0 Å². The van der Waals surface area contributed by atoms with Gasteiger partial charge in [-0.3, -0.25) is 4.79 Å². The summed E-state index contributed by atoms with van der Waals surface area (Å²) in [4.78, 5) is 10.8. The number of hydrogen-bond acceptors (Lipinski definition) is 1. The Labute approximate surface area is 74.3 Å². The van der Waals surface area contributed by atoms with Crippen molar-refractivity contribution in [1.82, 2.24) is 0 Å². The number of aliphatic carboxylic acids is 1. The topological polar surface area (TPSA) is 37.3 Å². The minimum Gasteiger partial charge on any atom is -0.481 e. The van der Waals surface area contributed by atoms with Crippen LogP contribution in [0.25, 0.3) is 0 Å². The predicted molar refractivity (Wildman–Crippen MR) is 50.0 cm³/mol. The zero-order valence-electron chi connectivity index (χ0n) is 8.29. The van der Waals surface area contributed by atoms with Gasteiger partial charge in [0.2, 0.25) is 0 Å². The second kappa shape index (κ2) is 4.29. The molecular weight excluding hydrogens is 152 g/mol. The molecule has 0 fully saturated rings. The van der Waals surface area contributed by atoms with Crippen LogP contribution >= 0.6 is 0 Å². The van der Waals surface area contributed by atoms with Gasteiger partial charge in [0, 0.05) is 0 Å². The minimum atomic E-state index is -0.708. The zero-order valence-corrected chi connectivity index (χ0v) is 8.29. The van der Waals surface area contributed by atoms with E-state index >= 15 is 0 Å². The maximum absolute atomic E-state index is 10.8. The first-order valence-electron chi connectivity index (χ1n) is 4.23. The van der Waals surface area contributed by atoms with Gasteiger partial charge in [-0.1, -0.05) is 32.9 Å². The molecule has 0 aliphatic rings. The smallest absolute Gasteiger partial charge is 0.307 e. The largest absolute Gasteiger partial charge is 0.481 e. The fraction of sp³-hybridized carbons (Fsp3) is 0.700. The summed E-state index contributed by atoms with van der Waals surface area (Å²) in [5.41, 5.74) is -0.161. The molecule has 70 valence electrons. The van der Waals surface area contributed by atoms with Gasteiger partial charge in [-0.25, -0.2) is 0 Å². The minimum absolute atomic E-state index is 0.161. The fourth-order valence-corrected chi connectivity index (χ4v) is 1.10. The molecule has 0 heterocycles. The average Bonchev–Trinajstić information content (AvgIpc) is 1.84. The van der Waals surface area contributed by atoms with Gasteiger partial charge in [-0.05, 0) is 18.8 Å². The van der Waals surface area contributed by atoms with E-state index in [4.69, 9.17) is 5.11 Å². The molecule has 0 spiro atoms. The van der Waals surface area contributed by atoms with Crippen molar-refractivity contribution in [2.75, 3.05) is 0 Å². The molecule has 1 atom stereocenters. The van der Waals surface area contributed by atoms with Crippen molar-refractivity contribution >= 4 is 5.97 Å². The Morgan fingerprint density at radius 1 is 1.50 bits per heavy atom. The Balaban J connectivity index is 4.35. The third-order valence-corrected chi connectivity index (χ3v) is 1.95. The van der Waals surface area contributed by atoms with Crippen LogP contribution in [0.1, 0.15) is 34.1 Å². The highest BCUT2D eigenvalue weighted by atomic mass is 16.4. The molecule has 0 saturated heterocycles. The number of carboxylic acid groups (broad SMARTS) is 1. The first-order chi connectivity index (χ1) is 5.39. The first-order valence-corrected chi connectivity index (χ1v) is 4.23. The molecule has 0 saturated carbocycles. The van der Waals surface area contributed by atoms with Gasteiger partial charge in [-0.15, -0.1) is 0 Å². The quantitative estimate of drug-likeness (QED) is 0.661. The summed E-state index contributed by atoms with van der Waals surface area (Å²) in [5, 5.41) is 8.90. The highest BCUT2D eigenvalue weighted by molar-refractivity contribution is 5.71. The van der Waals surface area contributed by atoms with Crippen LogP contribution < -0.4 is 0 Å². The number of rotatable bonds is 3. The van der Waals surface area contributed by atoms with Gasteiger partial charge in [0.05, 0.1) is 5.92 Å². The SMILES string of the molecule is C/C=C/CC(C(=O)O)C(C)(C)C. The van der Waals surface area contributed by atoms with E-state index in [2.05, 4.69) is 0 Å². The van der Waals surface area contributed by atoms with Crippen LogP contribution in [0.4, 0.5) is 0 Å². The van der Waals surface area contributed by atoms with E-state index in [-0.39, 0.29) is 11.3 Å². The first kappa shape index (κ1) is 11.2. The molecule has 1 unspecified atom stereocenters. The van der Waals surface area contributed by atoms with E-state index in [0.29, 0.717) is 6.42 Å². The molecule has 2 nitrogen and oxygen atoms in total. The lowest BCUT2D eigenvalue weighted by atomic mass is 9.79. The highest BCUT2D eigenvalue weighted by Gasteiger charge is 2.29. The van der Waals surface area contributed by atoms with E-state index in [1.54, 1.807) is 0 Å². The Bertz CT molecular complexity index is 175. The number of allylic oxidation sites excluding steroid dienone is 2. The summed E-state index contributed by atoms with van der Waals surface area (Å²) in [5.74, 6) is -0.991. The monoisotopic (exact) mass is 170 g/mol. The van der Waals surface area contributed by atoms with Crippen LogP contribution in [-0.4, -0.2) is 11.1 Å². The van der Waals surface area contributed by atoms with Gasteiger partial charge >= 0.3 is 5.97 Å². The molecule has 2 heteroatoms. The Morgan fingerprint density at radius 3 is 2.25 bits per heavy atom. The lowest BCUT2D eigenvalue weighted by molar-refractivity contribution is -0.145. The van der Waals surface area contributed by atoms with Crippen LogP contribution in [0.3, 0.4) is 0 Å². The molecule has 0 radical (unpaired) electrons. The van der Waals surface area contributed by atoms with E-state index in [1.807, 2.05) is 39.8 Å². The maximum Gasteiger partial charge on any atom is 0.307 e. The third-order valence-electron chi connectivity index (χ3n) is 1.95. The van der Waals surface area contributed by atoms with E-state index in [0.717, 1.165) is 0 Å². The van der Waals surface area contributed by atoms with E-state index in [1.165, 1.54) is 0 Å². The Morgan fingerprint density at radius 2 is 2.00 bits per heavy atom. The number of carbonyl (C=O) groups is 1. The molecule has 0 aromatic rings. The zero-order chi connectivity index (χ0) is 9.78. The molecule has 0 aromatic heterocycles. The average molecular weight is 170 g/mol. The van der Waals surface area contributed by atoms with Crippen LogP contribution in [0, 0.1) is 11.3 Å². The lowest BCUT2D eigenvalue weighted by Crippen LogP contribution is -2.27. The summed E-state index contributed by atoms with van der Waals surface area (Å²) in [6.45, 7) is 7.77. The molecule has 0 rings (SSSR count). The van der Waals surface area contributed by atoms with Crippen LogP contribution in [0.5, 0.6) is 0 Å². The number of hydrogen-bond donors (Lipinski definition) is 1. The van der Waals surface area contributed by atoms with Crippen molar-refractivity contribution in [2.24, 2.45) is 11.3 Å². The van der Waals surface area contributed by atoms with Crippen LogP contribution in [0.15, 0.2) is 12.2 Å². The van der Waals surface area contributed by atoms with E-state index < -0.39 is 5.97 Å². The summed E-state index contributed by atoms with van der Waals surface area (Å²) < 4.78 is 0. The second-order valence-corrected chi connectivity index (χ2v) is 4.06. The third kappa shape index (κ3) is 3.56. The van der Waals surface area contributed by atoms with Crippen LogP contribution in [0.2, 0.25) is 0 Å². The Hall–Kier alpha value is -0.790. The standard InChI is InChI=1S/C10H18O2/c1-5-6-7-8(9(11)12)10(2,3)4/h5-6,8H,7H2,1-4H3,(H,11,12)/b6-5+.